The third-order valence-corrected chi connectivity index (χ3v) is 4.15. The molecule has 0 aliphatic carbocycles. The second-order valence-electron chi connectivity index (χ2n) is 5.97. The number of aromatic nitrogens is 3. The Kier molecular flexibility index (Phi) is 3.85. The average molecular weight is 344 g/mol. The maximum Gasteiger partial charge on any atom is 0.339 e. The van der Waals surface area contributed by atoms with Gasteiger partial charge in [-0.2, -0.15) is 5.10 Å². The zero-order valence-electron chi connectivity index (χ0n) is 14.0. The van der Waals surface area contributed by atoms with Crippen LogP contribution >= 0.6 is 0 Å². The molecule has 2 aromatic carbocycles. The zero-order chi connectivity index (χ0) is 18.1. The number of fused-ring (bicyclic) bond motifs is 1. The summed E-state index contributed by atoms with van der Waals surface area (Å²) in [7, 11) is 0. The fourth-order valence-corrected chi connectivity index (χ4v) is 2.81. The Labute approximate surface area is 149 Å². The number of aryl methyl sites for hydroxylation is 1. The van der Waals surface area contributed by atoms with Crippen LogP contribution in [-0.2, 0) is 0 Å². The summed E-state index contributed by atoms with van der Waals surface area (Å²) in [5, 5.41) is 17.8. The number of carboxylic acids is 1. The van der Waals surface area contributed by atoms with Crippen LogP contribution in [0.15, 0.2) is 67.0 Å². The lowest BCUT2D eigenvalue weighted by Crippen LogP contribution is -2.05. The third kappa shape index (κ3) is 2.77. The number of hydrogen-bond donors (Lipinski definition) is 2. The topological polar surface area (TPSA) is 80.0 Å². The van der Waals surface area contributed by atoms with Gasteiger partial charge in [0.25, 0.3) is 0 Å². The number of carboxylic acid groups (broad SMARTS) is 1. The van der Waals surface area contributed by atoms with Gasteiger partial charge >= 0.3 is 5.97 Å². The summed E-state index contributed by atoms with van der Waals surface area (Å²) in [5.41, 5.74) is 3.97. The van der Waals surface area contributed by atoms with Crippen LogP contribution in [0.5, 0.6) is 0 Å². The average Bonchev–Trinajstić information content (AvgIpc) is 3.09. The summed E-state index contributed by atoms with van der Waals surface area (Å²) in [5.74, 6) is -1.04. The van der Waals surface area contributed by atoms with E-state index >= 15 is 0 Å². The minimum atomic E-state index is -1.04. The van der Waals surface area contributed by atoms with Gasteiger partial charge in [-0.15, -0.1) is 0 Å². The van der Waals surface area contributed by atoms with E-state index in [4.69, 9.17) is 0 Å². The summed E-state index contributed by atoms with van der Waals surface area (Å²) in [6, 6.07) is 17.4. The largest absolute Gasteiger partial charge is 0.478 e. The number of anilines is 2. The molecule has 0 amide bonds. The van der Waals surface area contributed by atoms with Crippen LogP contribution < -0.4 is 5.32 Å². The van der Waals surface area contributed by atoms with E-state index in [1.165, 1.54) is 6.20 Å². The van der Waals surface area contributed by atoms with Gasteiger partial charge in [-0.3, -0.25) is 0 Å². The molecule has 2 heterocycles. The Balaban J connectivity index is 1.88. The molecule has 6 heteroatoms. The van der Waals surface area contributed by atoms with Gasteiger partial charge in [-0.25, -0.2) is 14.5 Å². The minimum Gasteiger partial charge on any atom is -0.478 e. The van der Waals surface area contributed by atoms with Crippen LogP contribution in [-0.4, -0.2) is 25.8 Å². The van der Waals surface area contributed by atoms with Crippen molar-refractivity contribution in [1.82, 2.24) is 14.8 Å². The van der Waals surface area contributed by atoms with Crippen LogP contribution in [0.25, 0.3) is 16.7 Å². The number of nitrogens with one attached hydrogen (secondary N) is 1. The number of aromatic carboxylic acids is 1. The second kappa shape index (κ2) is 6.33. The second-order valence-corrected chi connectivity index (χ2v) is 5.97. The van der Waals surface area contributed by atoms with Gasteiger partial charge in [0.15, 0.2) is 5.65 Å². The highest BCUT2D eigenvalue weighted by Crippen LogP contribution is 2.30. The first-order valence-electron chi connectivity index (χ1n) is 8.12. The molecule has 0 fully saturated rings. The molecule has 26 heavy (non-hydrogen) atoms. The summed E-state index contributed by atoms with van der Waals surface area (Å²) in [6.45, 7) is 2.00. The molecule has 4 rings (SSSR count). The summed E-state index contributed by atoms with van der Waals surface area (Å²) >= 11 is 0. The van der Waals surface area contributed by atoms with Crippen LogP contribution in [0, 0.1) is 6.92 Å². The van der Waals surface area contributed by atoms with Crippen molar-refractivity contribution in [3.05, 3.63) is 78.1 Å². The van der Waals surface area contributed by atoms with Gasteiger partial charge in [0.05, 0.1) is 23.0 Å². The van der Waals surface area contributed by atoms with Crippen molar-refractivity contribution in [2.45, 2.75) is 6.92 Å². The smallest absolute Gasteiger partial charge is 0.339 e. The standard InChI is InChI=1S/C20H16N4O2/c1-13-7-9-14(10-8-13)23-18-16-12-22-24(15-5-3-2-4-6-15)19(16)21-11-17(18)20(25)26/h2-12H,1H3,(H,21,23)(H,25,26). The molecule has 2 N–H and O–H groups in total. The highest BCUT2D eigenvalue weighted by Gasteiger charge is 2.18. The lowest BCUT2D eigenvalue weighted by Gasteiger charge is -2.11. The van der Waals surface area contributed by atoms with Crippen LogP contribution in [0.4, 0.5) is 11.4 Å². The number of rotatable bonds is 4. The summed E-state index contributed by atoms with van der Waals surface area (Å²) in [4.78, 5) is 16.0. The van der Waals surface area contributed by atoms with Crippen LogP contribution in [0.1, 0.15) is 15.9 Å². The van der Waals surface area contributed by atoms with Crippen molar-refractivity contribution in [1.29, 1.82) is 0 Å². The van der Waals surface area contributed by atoms with Gasteiger partial charge in [-0.05, 0) is 31.2 Å². The van der Waals surface area contributed by atoms with Crippen molar-refractivity contribution < 1.29 is 9.90 Å². The molecule has 0 bridgehead atoms. The molecular weight excluding hydrogens is 328 g/mol. The van der Waals surface area contributed by atoms with E-state index in [0.717, 1.165) is 16.9 Å². The van der Waals surface area contributed by atoms with Crippen molar-refractivity contribution >= 4 is 28.4 Å². The Morgan fingerprint density at radius 3 is 2.46 bits per heavy atom. The third-order valence-electron chi connectivity index (χ3n) is 4.15. The van der Waals surface area contributed by atoms with Crippen LogP contribution in [0.2, 0.25) is 0 Å². The number of nitrogens with zero attached hydrogens (tertiary/aromatic N) is 3. The molecule has 0 saturated heterocycles. The molecular formula is C20H16N4O2. The van der Waals surface area contributed by atoms with Crippen molar-refractivity contribution in [3.8, 4) is 5.69 Å². The molecule has 6 nitrogen and oxygen atoms in total. The van der Waals surface area contributed by atoms with Crippen molar-refractivity contribution in [2.24, 2.45) is 0 Å². The zero-order valence-corrected chi connectivity index (χ0v) is 14.0. The van der Waals surface area contributed by atoms with Gasteiger partial charge in [0, 0.05) is 11.9 Å². The molecule has 4 aromatic rings. The highest BCUT2D eigenvalue weighted by molar-refractivity contribution is 6.04. The SMILES string of the molecule is Cc1ccc(Nc2c(C(=O)O)cnc3c2cnn3-c2ccccc2)cc1. The number of pyridine rings is 1. The molecule has 0 spiro atoms. The predicted molar refractivity (Wildman–Crippen MR) is 100 cm³/mol. The van der Waals surface area contributed by atoms with Gasteiger partial charge in [-0.1, -0.05) is 35.9 Å². The quantitative estimate of drug-likeness (QED) is 0.581. The lowest BCUT2D eigenvalue weighted by molar-refractivity contribution is 0.0697. The Morgan fingerprint density at radius 1 is 1.04 bits per heavy atom. The van der Waals surface area contributed by atoms with E-state index in [2.05, 4.69) is 15.4 Å². The summed E-state index contributed by atoms with van der Waals surface area (Å²) < 4.78 is 1.70. The fourth-order valence-electron chi connectivity index (χ4n) is 2.81. The van der Waals surface area contributed by atoms with E-state index < -0.39 is 5.97 Å². The molecule has 128 valence electrons. The maximum atomic E-state index is 11.7. The normalized spacial score (nSPS) is 10.8. The molecule has 0 radical (unpaired) electrons. The number of hydrogen-bond acceptors (Lipinski definition) is 4. The van der Waals surface area contributed by atoms with E-state index in [0.29, 0.717) is 16.7 Å². The molecule has 0 saturated carbocycles. The van der Waals surface area contributed by atoms with E-state index in [-0.39, 0.29) is 5.56 Å². The molecule has 0 atom stereocenters. The molecule has 0 unspecified atom stereocenters. The minimum absolute atomic E-state index is 0.102. The first-order valence-corrected chi connectivity index (χ1v) is 8.12. The number of benzene rings is 2. The molecule has 0 aliphatic heterocycles. The van der Waals surface area contributed by atoms with Crippen molar-refractivity contribution in [2.75, 3.05) is 5.32 Å². The molecule has 2 aromatic heterocycles. The number of carbonyl (C=O) groups is 1. The highest BCUT2D eigenvalue weighted by atomic mass is 16.4. The van der Waals surface area contributed by atoms with Crippen molar-refractivity contribution in [3.63, 3.8) is 0 Å². The van der Waals surface area contributed by atoms with Crippen LogP contribution in [0.3, 0.4) is 0 Å². The first kappa shape index (κ1) is 15.8. The Morgan fingerprint density at radius 2 is 1.77 bits per heavy atom. The van der Waals surface area contributed by atoms with Gasteiger partial charge in [0.2, 0.25) is 0 Å². The number of para-hydroxylation sites is 1. The van der Waals surface area contributed by atoms with E-state index in [1.54, 1.807) is 10.9 Å². The fraction of sp³-hybridized carbons (Fsp3) is 0.0500. The maximum absolute atomic E-state index is 11.7. The van der Waals surface area contributed by atoms with Gasteiger partial charge in [0.1, 0.15) is 5.56 Å². The van der Waals surface area contributed by atoms with Gasteiger partial charge < -0.3 is 10.4 Å². The lowest BCUT2D eigenvalue weighted by atomic mass is 10.1. The Bertz CT molecular complexity index is 1090. The first-order chi connectivity index (χ1) is 12.6. The van der Waals surface area contributed by atoms with E-state index in [9.17, 15) is 9.90 Å². The monoisotopic (exact) mass is 344 g/mol. The molecule has 0 aliphatic rings. The predicted octanol–water partition coefficient (Wildman–Crippen LogP) is 4.17. The van der Waals surface area contributed by atoms with E-state index in [1.807, 2.05) is 61.5 Å². The summed E-state index contributed by atoms with van der Waals surface area (Å²) in [6.07, 6.45) is 3.00. The Hall–Kier alpha value is -3.67.